The first-order chi connectivity index (χ1) is 15.1. The van der Waals surface area contributed by atoms with Crippen molar-refractivity contribution in [2.45, 2.75) is 26.2 Å². The second-order valence-electron chi connectivity index (χ2n) is 7.25. The van der Waals surface area contributed by atoms with E-state index >= 15 is 0 Å². The van der Waals surface area contributed by atoms with E-state index in [0.29, 0.717) is 50.3 Å². The Morgan fingerprint density at radius 2 is 2.00 bits per heavy atom. The summed E-state index contributed by atoms with van der Waals surface area (Å²) in [6, 6.07) is 15.2. The van der Waals surface area contributed by atoms with Gasteiger partial charge in [-0.15, -0.1) is 0 Å². The summed E-state index contributed by atoms with van der Waals surface area (Å²) >= 11 is 0. The first-order valence-corrected chi connectivity index (χ1v) is 10.6. The standard InChI is InChI=1S/C24H27N3O4/c1-2-30-24(29)26-11-9-18-15-20-10-13-27(22(20)21(16-18)17-25)12-6-14-31-23(28)19-7-4-3-5-8-19/h3-5,7-8,15-16H,2,6,9-14H2,1H3,(H,26,29). The molecule has 0 radical (unpaired) electrons. The van der Waals surface area contributed by atoms with E-state index in [0.717, 1.165) is 29.8 Å². The number of anilines is 1. The van der Waals surface area contributed by atoms with Crippen molar-refractivity contribution in [3.63, 3.8) is 0 Å². The topological polar surface area (TPSA) is 91.7 Å². The fraction of sp³-hybridized carbons (Fsp3) is 0.375. The van der Waals surface area contributed by atoms with E-state index in [1.54, 1.807) is 19.1 Å². The summed E-state index contributed by atoms with van der Waals surface area (Å²) in [6.07, 6.45) is 1.76. The first kappa shape index (κ1) is 22.2. The molecule has 0 fully saturated rings. The van der Waals surface area contributed by atoms with Crippen LogP contribution in [-0.4, -0.2) is 44.9 Å². The van der Waals surface area contributed by atoms with Gasteiger partial charge in [0, 0.05) is 19.6 Å². The van der Waals surface area contributed by atoms with E-state index in [1.807, 2.05) is 24.3 Å². The van der Waals surface area contributed by atoms with Crippen LogP contribution in [0.3, 0.4) is 0 Å². The maximum atomic E-state index is 12.0. The van der Waals surface area contributed by atoms with Crippen LogP contribution < -0.4 is 10.2 Å². The van der Waals surface area contributed by atoms with E-state index in [-0.39, 0.29) is 5.97 Å². The average Bonchev–Trinajstić information content (AvgIpc) is 3.19. The molecule has 0 aromatic heterocycles. The molecule has 31 heavy (non-hydrogen) atoms. The molecule has 0 bridgehead atoms. The molecule has 1 N–H and O–H groups in total. The lowest BCUT2D eigenvalue weighted by Gasteiger charge is -2.21. The van der Waals surface area contributed by atoms with Crippen LogP contribution in [0.1, 0.15) is 40.4 Å². The third-order valence-corrected chi connectivity index (χ3v) is 5.11. The zero-order chi connectivity index (χ0) is 22.1. The highest BCUT2D eigenvalue weighted by atomic mass is 16.5. The molecule has 162 valence electrons. The molecule has 0 spiro atoms. The van der Waals surface area contributed by atoms with Crippen LogP contribution in [0.25, 0.3) is 0 Å². The molecule has 7 heteroatoms. The highest BCUT2D eigenvalue weighted by molar-refractivity contribution is 5.89. The highest BCUT2D eigenvalue weighted by Crippen LogP contribution is 2.33. The summed E-state index contributed by atoms with van der Waals surface area (Å²) in [5.41, 5.74) is 4.32. The predicted molar refractivity (Wildman–Crippen MR) is 117 cm³/mol. The maximum absolute atomic E-state index is 12.0. The van der Waals surface area contributed by atoms with E-state index < -0.39 is 6.09 Å². The van der Waals surface area contributed by atoms with E-state index in [2.05, 4.69) is 22.4 Å². The number of benzene rings is 2. The Morgan fingerprint density at radius 3 is 2.74 bits per heavy atom. The van der Waals surface area contributed by atoms with Gasteiger partial charge < -0.3 is 19.7 Å². The molecule has 0 saturated heterocycles. The Balaban J connectivity index is 1.52. The molecule has 7 nitrogen and oxygen atoms in total. The number of carbonyl (C=O) groups is 2. The minimum absolute atomic E-state index is 0.318. The average molecular weight is 421 g/mol. The van der Waals surface area contributed by atoms with Gasteiger partial charge in [-0.3, -0.25) is 0 Å². The summed E-state index contributed by atoms with van der Waals surface area (Å²) in [5, 5.41) is 12.4. The molecule has 1 aliphatic rings. The van der Waals surface area contributed by atoms with Crippen molar-refractivity contribution >= 4 is 17.7 Å². The van der Waals surface area contributed by atoms with Crippen molar-refractivity contribution in [3.8, 4) is 6.07 Å². The third-order valence-electron chi connectivity index (χ3n) is 5.11. The summed E-state index contributed by atoms with van der Waals surface area (Å²) in [6.45, 7) is 4.44. The number of hydrogen-bond donors (Lipinski definition) is 1. The van der Waals surface area contributed by atoms with Crippen LogP contribution in [0.15, 0.2) is 42.5 Å². The number of alkyl carbamates (subject to hydrolysis) is 1. The highest BCUT2D eigenvalue weighted by Gasteiger charge is 2.23. The Morgan fingerprint density at radius 1 is 1.19 bits per heavy atom. The molecule has 2 aromatic carbocycles. The van der Waals surface area contributed by atoms with Gasteiger partial charge in [0.1, 0.15) is 6.07 Å². The second-order valence-corrected chi connectivity index (χ2v) is 7.25. The zero-order valence-electron chi connectivity index (χ0n) is 17.7. The lowest BCUT2D eigenvalue weighted by molar-refractivity contribution is 0.0502. The Bertz CT molecular complexity index is 953. The Labute approximate surface area is 182 Å². The fourth-order valence-electron chi connectivity index (χ4n) is 3.71. The summed E-state index contributed by atoms with van der Waals surface area (Å²) in [5.74, 6) is -0.318. The molecule has 3 rings (SSSR count). The van der Waals surface area contributed by atoms with E-state index in [4.69, 9.17) is 9.47 Å². The minimum atomic E-state index is -0.427. The number of nitriles is 1. The van der Waals surface area contributed by atoms with Crippen LogP contribution in [0.4, 0.5) is 10.5 Å². The van der Waals surface area contributed by atoms with E-state index in [1.165, 1.54) is 0 Å². The second kappa shape index (κ2) is 11.0. The van der Waals surface area contributed by atoms with Gasteiger partial charge in [0.2, 0.25) is 0 Å². The molecule has 0 saturated carbocycles. The number of nitrogens with zero attached hydrogens (tertiary/aromatic N) is 2. The van der Waals surface area contributed by atoms with Crippen LogP contribution in [-0.2, 0) is 22.3 Å². The number of esters is 1. The first-order valence-electron chi connectivity index (χ1n) is 10.6. The van der Waals surface area contributed by atoms with Crippen molar-refractivity contribution in [1.82, 2.24) is 5.32 Å². The number of hydrogen-bond acceptors (Lipinski definition) is 6. The van der Waals surface area contributed by atoms with E-state index in [9.17, 15) is 14.9 Å². The molecule has 0 atom stereocenters. The van der Waals surface area contributed by atoms with Gasteiger partial charge >= 0.3 is 12.1 Å². The van der Waals surface area contributed by atoms with Gasteiger partial charge in [-0.25, -0.2) is 9.59 Å². The summed E-state index contributed by atoms with van der Waals surface area (Å²) in [7, 11) is 0. The quantitative estimate of drug-likeness (QED) is 0.493. The fourth-order valence-corrected chi connectivity index (χ4v) is 3.71. The number of nitrogens with one attached hydrogen (secondary N) is 1. The molecule has 1 heterocycles. The molecule has 1 aliphatic heterocycles. The van der Waals surface area contributed by atoms with Crippen molar-refractivity contribution in [2.24, 2.45) is 0 Å². The number of ether oxygens (including phenoxy) is 2. The molecule has 2 aromatic rings. The number of carbonyl (C=O) groups excluding carboxylic acids is 2. The summed E-state index contributed by atoms with van der Waals surface area (Å²) in [4.78, 5) is 25.6. The lowest BCUT2D eigenvalue weighted by atomic mass is 10.0. The van der Waals surface area contributed by atoms with Gasteiger partial charge in [0.15, 0.2) is 0 Å². The molecule has 1 amide bonds. The molecule has 0 aliphatic carbocycles. The van der Waals surface area contributed by atoms with Gasteiger partial charge in [0.25, 0.3) is 0 Å². The zero-order valence-corrected chi connectivity index (χ0v) is 17.7. The monoisotopic (exact) mass is 421 g/mol. The van der Waals surface area contributed by atoms with Crippen LogP contribution in [0.2, 0.25) is 0 Å². The lowest BCUT2D eigenvalue weighted by Crippen LogP contribution is -2.26. The third kappa shape index (κ3) is 5.98. The van der Waals surface area contributed by atoms with Gasteiger partial charge in [-0.05, 0) is 55.5 Å². The van der Waals surface area contributed by atoms with Crippen LogP contribution >= 0.6 is 0 Å². The largest absolute Gasteiger partial charge is 0.462 e. The normalized spacial score (nSPS) is 12.1. The minimum Gasteiger partial charge on any atom is -0.462 e. The van der Waals surface area contributed by atoms with Gasteiger partial charge in [-0.1, -0.05) is 24.3 Å². The summed E-state index contributed by atoms with van der Waals surface area (Å²) < 4.78 is 10.2. The van der Waals surface area contributed by atoms with Crippen molar-refractivity contribution in [1.29, 1.82) is 5.26 Å². The SMILES string of the molecule is CCOC(=O)NCCc1cc(C#N)c2c(c1)CCN2CCCOC(=O)c1ccccc1. The number of rotatable bonds is 9. The Hall–Kier alpha value is -3.53. The van der Waals surface area contributed by atoms with Crippen molar-refractivity contribution in [3.05, 3.63) is 64.7 Å². The van der Waals surface area contributed by atoms with Crippen molar-refractivity contribution < 1.29 is 19.1 Å². The molecule has 0 unspecified atom stereocenters. The molecular formula is C24H27N3O4. The Kier molecular flexibility index (Phi) is 7.88. The predicted octanol–water partition coefficient (Wildman–Crippen LogP) is 3.46. The number of fused-ring (bicyclic) bond motifs is 1. The smallest absolute Gasteiger partial charge is 0.407 e. The molecular weight excluding hydrogens is 394 g/mol. The van der Waals surface area contributed by atoms with Crippen LogP contribution in [0.5, 0.6) is 0 Å². The van der Waals surface area contributed by atoms with Gasteiger partial charge in [-0.2, -0.15) is 5.26 Å². The number of amides is 1. The van der Waals surface area contributed by atoms with Crippen LogP contribution in [0, 0.1) is 11.3 Å². The van der Waals surface area contributed by atoms with Gasteiger partial charge in [0.05, 0.1) is 30.0 Å². The van der Waals surface area contributed by atoms with Crippen molar-refractivity contribution in [2.75, 3.05) is 37.7 Å². The maximum Gasteiger partial charge on any atom is 0.407 e.